The van der Waals surface area contributed by atoms with Gasteiger partial charge >= 0.3 is 0 Å². The average Bonchev–Trinajstić information content (AvgIpc) is 3.11. The van der Waals surface area contributed by atoms with E-state index >= 15 is 0 Å². The topological polar surface area (TPSA) is 55.8 Å². The van der Waals surface area contributed by atoms with Crippen LogP contribution in [-0.2, 0) is 11.4 Å². The van der Waals surface area contributed by atoms with Crippen LogP contribution in [0.25, 0.3) is 6.08 Å². The summed E-state index contributed by atoms with van der Waals surface area (Å²) in [6, 6.07) is 19.6. The minimum atomic E-state index is -0.348. The van der Waals surface area contributed by atoms with Gasteiger partial charge in [0.2, 0.25) is 0 Å². The van der Waals surface area contributed by atoms with Crippen LogP contribution in [0.3, 0.4) is 0 Å². The molecule has 0 spiro atoms. The Bertz CT molecular complexity index is 1300. The lowest BCUT2D eigenvalue weighted by atomic mass is 10.0. The largest absolute Gasteiger partial charge is 0.491 e. The van der Waals surface area contributed by atoms with Crippen molar-refractivity contribution in [3.05, 3.63) is 99.7 Å². The SMILES string of the molecule is Cc1ccc(C(C)C)c(OCCN2C(=O)S/C(=C\c3cccc(OCc4ccccc4F)c3)C2=O)c1. The quantitative estimate of drug-likeness (QED) is 0.295. The molecule has 2 amide bonds. The molecule has 0 radical (unpaired) electrons. The number of amides is 2. The molecule has 186 valence electrons. The molecule has 0 aromatic heterocycles. The Morgan fingerprint density at radius 1 is 1.00 bits per heavy atom. The summed E-state index contributed by atoms with van der Waals surface area (Å²) in [6.45, 7) is 6.66. The number of carbonyl (C=O) groups excluding carboxylic acids is 2. The Kier molecular flexibility index (Phi) is 8.10. The highest BCUT2D eigenvalue weighted by Gasteiger charge is 2.34. The first kappa shape index (κ1) is 25.5. The molecule has 5 nitrogen and oxygen atoms in total. The molecular formula is C29H28FNO4S. The van der Waals surface area contributed by atoms with Crippen LogP contribution in [0.1, 0.15) is 42.0 Å². The van der Waals surface area contributed by atoms with Gasteiger partial charge in [0, 0.05) is 5.56 Å². The van der Waals surface area contributed by atoms with E-state index in [4.69, 9.17) is 9.47 Å². The molecule has 1 saturated heterocycles. The van der Waals surface area contributed by atoms with Crippen molar-refractivity contribution in [3.63, 3.8) is 0 Å². The number of rotatable bonds is 9. The predicted octanol–water partition coefficient (Wildman–Crippen LogP) is 6.95. The molecule has 0 atom stereocenters. The number of halogens is 1. The van der Waals surface area contributed by atoms with Crippen molar-refractivity contribution < 1.29 is 23.5 Å². The number of benzene rings is 3. The van der Waals surface area contributed by atoms with Crippen molar-refractivity contribution in [3.8, 4) is 11.5 Å². The summed E-state index contributed by atoms with van der Waals surface area (Å²) in [6.07, 6.45) is 1.67. The van der Waals surface area contributed by atoms with Gasteiger partial charge in [0.25, 0.3) is 11.1 Å². The van der Waals surface area contributed by atoms with Crippen molar-refractivity contribution in [2.75, 3.05) is 13.2 Å². The molecule has 4 rings (SSSR count). The highest BCUT2D eigenvalue weighted by molar-refractivity contribution is 8.18. The maximum atomic E-state index is 13.8. The first-order valence-electron chi connectivity index (χ1n) is 11.8. The first-order valence-corrected chi connectivity index (χ1v) is 12.6. The third-order valence-electron chi connectivity index (χ3n) is 5.75. The standard InChI is InChI=1S/C29H28FNO4S/c1-19(2)24-12-11-20(3)15-26(24)34-14-13-31-28(32)27(36-29(31)33)17-21-7-6-9-23(16-21)35-18-22-8-4-5-10-25(22)30/h4-12,15-17,19H,13-14,18H2,1-3H3/b27-17-. The predicted molar refractivity (Wildman–Crippen MR) is 141 cm³/mol. The van der Waals surface area contributed by atoms with Crippen LogP contribution in [-0.4, -0.2) is 29.2 Å². The van der Waals surface area contributed by atoms with E-state index in [0.717, 1.165) is 28.6 Å². The Hall–Kier alpha value is -3.58. The maximum absolute atomic E-state index is 13.8. The molecule has 1 heterocycles. The summed E-state index contributed by atoms with van der Waals surface area (Å²) in [4.78, 5) is 27.0. The van der Waals surface area contributed by atoms with Gasteiger partial charge in [-0.15, -0.1) is 0 Å². The van der Waals surface area contributed by atoms with E-state index in [0.29, 0.717) is 27.7 Å². The number of ether oxygens (including phenoxy) is 2. The minimum absolute atomic E-state index is 0.0894. The third kappa shape index (κ3) is 6.15. The van der Waals surface area contributed by atoms with E-state index < -0.39 is 0 Å². The average molecular weight is 506 g/mol. The summed E-state index contributed by atoms with van der Waals surface area (Å²) < 4.78 is 25.5. The second-order valence-electron chi connectivity index (χ2n) is 8.83. The Morgan fingerprint density at radius 2 is 1.81 bits per heavy atom. The number of hydrogen-bond acceptors (Lipinski definition) is 5. The number of thioether (sulfide) groups is 1. The van der Waals surface area contributed by atoms with Gasteiger partial charge in [-0.25, -0.2) is 4.39 Å². The lowest BCUT2D eigenvalue weighted by Gasteiger charge is -2.17. The van der Waals surface area contributed by atoms with E-state index in [1.165, 1.54) is 11.0 Å². The Morgan fingerprint density at radius 3 is 2.58 bits per heavy atom. The van der Waals surface area contributed by atoms with Gasteiger partial charge in [-0.2, -0.15) is 0 Å². The van der Waals surface area contributed by atoms with Gasteiger partial charge in [-0.05, 0) is 71.6 Å². The lowest BCUT2D eigenvalue weighted by molar-refractivity contribution is -0.123. The summed E-state index contributed by atoms with van der Waals surface area (Å²) >= 11 is 0.904. The molecule has 0 bridgehead atoms. The van der Waals surface area contributed by atoms with Crippen LogP contribution in [0.2, 0.25) is 0 Å². The molecule has 0 unspecified atom stereocenters. The molecule has 1 aliphatic heterocycles. The summed E-state index contributed by atoms with van der Waals surface area (Å²) in [5.41, 5.74) is 3.34. The smallest absolute Gasteiger partial charge is 0.293 e. The number of nitrogens with zero attached hydrogens (tertiary/aromatic N) is 1. The molecule has 7 heteroatoms. The van der Waals surface area contributed by atoms with E-state index in [9.17, 15) is 14.0 Å². The van der Waals surface area contributed by atoms with Crippen molar-refractivity contribution in [2.45, 2.75) is 33.3 Å². The molecule has 3 aromatic rings. The Labute approximate surface area is 214 Å². The van der Waals surface area contributed by atoms with Crippen LogP contribution in [0.4, 0.5) is 9.18 Å². The van der Waals surface area contributed by atoms with Gasteiger partial charge in [0.05, 0.1) is 11.4 Å². The van der Waals surface area contributed by atoms with Crippen molar-refractivity contribution in [1.82, 2.24) is 4.90 Å². The zero-order valence-electron chi connectivity index (χ0n) is 20.5. The highest BCUT2D eigenvalue weighted by atomic mass is 32.2. The molecular weight excluding hydrogens is 477 g/mol. The molecule has 36 heavy (non-hydrogen) atoms. The first-order chi connectivity index (χ1) is 17.3. The lowest BCUT2D eigenvalue weighted by Crippen LogP contribution is -2.32. The fourth-order valence-corrected chi connectivity index (χ4v) is 4.67. The van der Waals surface area contributed by atoms with Gasteiger partial charge < -0.3 is 9.47 Å². The zero-order chi connectivity index (χ0) is 25.7. The van der Waals surface area contributed by atoms with Gasteiger partial charge in [0.1, 0.15) is 30.5 Å². The summed E-state index contributed by atoms with van der Waals surface area (Å²) in [7, 11) is 0. The molecule has 3 aromatic carbocycles. The van der Waals surface area contributed by atoms with E-state index in [1.54, 1.807) is 42.5 Å². The van der Waals surface area contributed by atoms with Gasteiger partial charge in [-0.1, -0.05) is 56.3 Å². The van der Waals surface area contributed by atoms with E-state index in [2.05, 4.69) is 13.8 Å². The second-order valence-corrected chi connectivity index (χ2v) is 9.82. The number of hydrogen-bond donors (Lipinski definition) is 0. The van der Waals surface area contributed by atoms with Crippen LogP contribution < -0.4 is 9.47 Å². The normalized spacial score (nSPS) is 14.7. The number of carbonyl (C=O) groups is 2. The fourth-order valence-electron chi connectivity index (χ4n) is 3.81. The van der Waals surface area contributed by atoms with Crippen LogP contribution >= 0.6 is 11.8 Å². The zero-order valence-corrected chi connectivity index (χ0v) is 21.3. The minimum Gasteiger partial charge on any atom is -0.491 e. The molecule has 0 aliphatic carbocycles. The van der Waals surface area contributed by atoms with Gasteiger partial charge in [0.15, 0.2) is 0 Å². The fraction of sp³-hybridized carbons (Fsp3) is 0.241. The van der Waals surface area contributed by atoms with Crippen LogP contribution in [0.5, 0.6) is 11.5 Å². The van der Waals surface area contributed by atoms with Crippen molar-refractivity contribution in [1.29, 1.82) is 0 Å². The summed E-state index contributed by atoms with van der Waals surface area (Å²) in [5, 5.41) is -0.324. The van der Waals surface area contributed by atoms with E-state index in [-0.39, 0.29) is 36.7 Å². The Balaban J connectivity index is 1.39. The third-order valence-corrected chi connectivity index (χ3v) is 6.65. The van der Waals surface area contributed by atoms with Crippen LogP contribution in [0.15, 0.2) is 71.6 Å². The van der Waals surface area contributed by atoms with Crippen LogP contribution in [0, 0.1) is 12.7 Å². The number of imide groups is 1. The summed E-state index contributed by atoms with van der Waals surface area (Å²) in [5.74, 6) is 0.944. The molecule has 0 saturated carbocycles. The van der Waals surface area contributed by atoms with Gasteiger partial charge in [-0.3, -0.25) is 14.5 Å². The highest BCUT2D eigenvalue weighted by Crippen LogP contribution is 2.33. The molecule has 0 N–H and O–H groups in total. The number of aryl methyl sites for hydroxylation is 1. The van der Waals surface area contributed by atoms with Crippen molar-refractivity contribution in [2.24, 2.45) is 0 Å². The monoisotopic (exact) mass is 505 g/mol. The van der Waals surface area contributed by atoms with Crippen molar-refractivity contribution >= 4 is 29.0 Å². The molecule has 1 fully saturated rings. The second kappa shape index (κ2) is 11.4. The molecule has 1 aliphatic rings. The van der Waals surface area contributed by atoms with E-state index in [1.807, 2.05) is 31.2 Å². The maximum Gasteiger partial charge on any atom is 0.293 e.